The van der Waals surface area contributed by atoms with Crippen LogP contribution in [-0.2, 0) is 4.79 Å². The van der Waals surface area contributed by atoms with Gasteiger partial charge in [-0.1, -0.05) is 6.07 Å². The molecule has 1 aromatic carbocycles. The van der Waals surface area contributed by atoms with Crippen molar-refractivity contribution in [2.24, 2.45) is 0 Å². The molecule has 1 saturated heterocycles. The molecule has 1 fully saturated rings. The van der Waals surface area contributed by atoms with E-state index in [-0.39, 0.29) is 5.91 Å². The number of benzene rings is 1. The van der Waals surface area contributed by atoms with Gasteiger partial charge in [0, 0.05) is 12.6 Å². The predicted molar refractivity (Wildman–Crippen MR) is 83.0 cm³/mol. The lowest BCUT2D eigenvalue weighted by atomic mass is 9.84. The van der Waals surface area contributed by atoms with Crippen molar-refractivity contribution in [1.29, 1.82) is 0 Å². The van der Waals surface area contributed by atoms with E-state index in [1.165, 1.54) is 0 Å². The number of hydrogen-bond acceptors (Lipinski definition) is 4. The molecular formula is C16H24N2O3. The van der Waals surface area contributed by atoms with E-state index >= 15 is 0 Å². The van der Waals surface area contributed by atoms with Gasteiger partial charge < -0.3 is 14.8 Å². The molecule has 0 aliphatic carbocycles. The summed E-state index contributed by atoms with van der Waals surface area (Å²) in [6.45, 7) is 7.16. The van der Waals surface area contributed by atoms with Gasteiger partial charge in [-0.2, -0.15) is 0 Å². The minimum Gasteiger partial charge on any atom is -0.493 e. The van der Waals surface area contributed by atoms with Gasteiger partial charge in [0.25, 0.3) is 0 Å². The van der Waals surface area contributed by atoms with E-state index in [9.17, 15) is 4.79 Å². The van der Waals surface area contributed by atoms with E-state index in [4.69, 9.17) is 9.47 Å². The van der Waals surface area contributed by atoms with Gasteiger partial charge >= 0.3 is 0 Å². The van der Waals surface area contributed by atoms with E-state index in [0.717, 1.165) is 13.0 Å². The summed E-state index contributed by atoms with van der Waals surface area (Å²) in [6.07, 6.45) is 0.864. The molecule has 5 nitrogen and oxygen atoms in total. The molecule has 0 spiro atoms. The second-order valence-corrected chi connectivity index (χ2v) is 5.81. The first-order valence-corrected chi connectivity index (χ1v) is 7.23. The Balaban J connectivity index is 2.21. The summed E-state index contributed by atoms with van der Waals surface area (Å²) in [4.78, 5) is 14.9. The van der Waals surface area contributed by atoms with E-state index in [1.807, 2.05) is 19.1 Å². The molecule has 1 unspecified atom stereocenters. The molecule has 1 N–H and O–H groups in total. The predicted octanol–water partition coefficient (Wildman–Crippen LogP) is 2.52. The molecule has 0 radical (unpaired) electrons. The van der Waals surface area contributed by atoms with Gasteiger partial charge in [-0.3, -0.25) is 9.69 Å². The highest BCUT2D eigenvalue weighted by Gasteiger charge is 2.48. The van der Waals surface area contributed by atoms with Crippen molar-refractivity contribution in [3.05, 3.63) is 18.2 Å². The average molecular weight is 292 g/mol. The largest absolute Gasteiger partial charge is 0.493 e. The van der Waals surface area contributed by atoms with Crippen LogP contribution in [0.4, 0.5) is 5.69 Å². The van der Waals surface area contributed by atoms with Gasteiger partial charge in [0.1, 0.15) is 0 Å². The lowest BCUT2D eigenvalue weighted by Crippen LogP contribution is -2.66. The third-order valence-electron chi connectivity index (χ3n) is 4.24. The molecule has 1 aromatic rings. The molecule has 1 atom stereocenters. The van der Waals surface area contributed by atoms with Crippen molar-refractivity contribution in [3.63, 3.8) is 0 Å². The summed E-state index contributed by atoms with van der Waals surface area (Å²) in [5.74, 6) is 1.15. The Hall–Kier alpha value is -1.75. The van der Waals surface area contributed by atoms with Gasteiger partial charge in [-0.15, -0.1) is 0 Å². The van der Waals surface area contributed by atoms with Crippen LogP contribution in [0.5, 0.6) is 11.5 Å². The summed E-state index contributed by atoms with van der Waals surface area (Å²) in [6, 6.07) is 5.81. The highest BCUT2D eigenvalue weighted by Crippen LogP contribution is 2.38. The first-order valence-electron chi connectivity index (χ1n) is 7.23. The summed E-state index contributed by atoms with van der Waals surface area (Å²) in [5, 5.41) is 2.98. The average Bonchev–Trinajstić information content (AvgIpc) is 2.44. The fraction of sp³-hybridized carbons (Fsp3) is 0.562. The number of carbonyl (C=O) groups excluding carboxylic acids is 1. The molecule has 0 bridgehead atoms. The van der Waals surface area contributed by atoms with Gasteiger partial charge in [-0.25, -0.2) is 0 Å². The Morgan fingerprint density at radius 2 is 2.05 bits per heavy atom. The Morgan fingerprint density at radius 1 is 1.33 bits per heavy atom. The van der Waals surface area contributed by atoms with Crippen LogP contribution in [0.2, 0.25) is 0 Å². The summed E-state index contributed by atoms with van der Waals surface area (Å²) >= 11 is 0. The maximum atomic E-state index is 12.6. The number of para-hydroxylation sites is 1. The molecule has 1 aliphatic rings. The molecule has 1 heterocycles. The Morgan fingerprint density at radius 3 is 2.52 bits per heavy atom. The number of anilines is 1. The van der Waals surface area contributed by atoms with Crippen LogP contribution < -0.4 is 14.8 Å². The lowest BCUT2D eigenvalue weighted by molar-refractivity contribution is -0.138. The number of likely N-dealkylation sites (tertiary alicyclic amines) is 1. The molecule has 1 aliphatic heterocycles. The first kappa shape index (κ1) is 15.6. The summed E-state index contributed by atoms with van der Waals surface area (Å²) in [7, 11) is 3.15. The Kier molecular flexibility index (Phi) is 4.42. The van der Waals surface area contributed by atoms with Gasteiger partial charge in [0.2, 0.25) is 5.91 Å². The van der Waals surface area contributed by atoms with Crippen molar-refractivity contribution in [3.8, 4) is 11.5 Å². The monoisotopic (exact) mass is 292 g/mol. The molecule has 0 saturated carbocycles. The Labute approximate surface area is 126 Å². The van der Waals surface area contributed by atoms with Crippen LogP contribution in [0.25, 0.3) is 0 Å². The SMILES string of the molecule is COc1cccc(NC(=O)C2(C)CCN2C(C)C)c1OC. The second kappa shape index (κ2) is 5.93. The second-order valence-electron chi connectivity index (χ2n) is 5.81. The zero-order chi connectivity index (χ0) is 15.6. The third-order valence-corrected chi connectivity index (χ3v) is 4.24. The topological polar surface area (TPSA) is 50.8 Å². The lowest BCUT2D eigenvalue weighted by Gasteiger charge is -2.51. The fourth-order valence-corrected chi connectivity index (χ4v) is 2.89. The van der Waals surface area contributed by atoms with Crippen LogP contribution in [0, 0.1) is 0 Å². The van der Waals surface area contributed by atoms with E-state index in [1.54, 1.807) is 20.3 Å². The zero-order valence-electron chi connectivity index (χ0n) is 13.4. The number of methoxy groups -OCH3 is 2. The number of nitrogens with one attached hydrogen (secondary N) is 1. The summed E-state index contributed by atoms with van der Waals surface area (Å²) in [5.41, 5.74) is 0.182. The number of ether oxygens (including phenoxy) is 2. The van der Waals surface area contributed by atoms with E-state index < -0.39 is 5.54 Å². The number of carbonyl (C=O) groups is 1. The maximum absolute atomic E-state index is 12.6. The highest BCUT2D eigenvalue weighted by atomic mass is 16.5. The van der Waals surface area contributed by atoms with Gasteiger partial charge in [0.15, 0.2) is 11.5 Å². The molecule has 5 heteroatoms. The van der Waals surface area contributed by atoms with Crippen LogP contribution >= 0.6 is 0 Å². The van der Waals surface area contributed by atoms with E-state index in [2.05, 4.69) is 24.1 Å². The number of amides is 1. The number of hydrogen-bond donors (Lipinski definition) is 1. The van der Waals surface area contributed by atoms with Gasteiger partial charge in [-0.05, 0) is 39.3 Å². The van der Waals surface area contributed by atoms with Crippen LogP contribution in [0.1, 0.15) is 27.2 Å². The number of nitrogens with zero attached hydrogens (tertiary/aromatic N) is 1. The quantitative estimate of drug-likeness (QED) is 0.906. The smallest absolute Gasteiger partial charge is 0.244 e. The standard InChI is InChI=1S/C16H24N2O3/c1-11(2)18-10-9-16(18,3)15(19)17-12-7-6-8-13(20-4)14(12)21-5/h6-8,11H,9-10H2,1-5H3,(H,17,19). The van der Waals surface area contributed by atoms with Crippen LogP contribution in [0.3, 0.4) is 0 Å². The van der Waals surface area contributed by atoms with Crippen LogP contribution in [0.15, 0.2) is 18.2 Å². The molecular weight excluding hydrogens is 268 g/mol. The Bertz CT molecular complexity index is 530. The minimum absolute atomic E-state index is 0.00555. The van der Waals surface area contributed by atoms with Gasteiger partial charge in [0.05, 0.1) is 25.4 Å². The van der Waals surface area contributed by atoms with E-state index in [0.29, 0.717) is 23.2 Å². The zero-order valence-corrected chi connectivity index (χ0v) is 13.4. The minimum atomic E-state index is -0.456. The number of rotatable bonds is 5. The molecule has 21 heavy (non-hydrogen) atoms. The molecule has 2 rings (SSSR count). The molecule has 0 aromatic heterocycles. The normalized spacial score (nSPS) is 21.8. The highest BCUT2D eigenvalue weighted by molar-refractivity contribution is 6.00. The fourth-order valence-electron chi connectivity index (χ4n) is 2.89. The van der Waals surface area contributed by atoms with Crippen molar-refractivity contribution < 1.29 is 14.3 Å². The third kappa shape index (κ3) is 2.70. The van der Waals surface area contributed by atoms with Crippen molar-refractivity contribution in [1.82, 2.24) is 4.90 Å². The van der Waals surface area contributed by atoms with Crippen molar-refractivity contribution in [2.75, 3.05) is 26.1 Å². The molecule has 116 valence electrons. The van der Waals surface area contributed by atoms with Crippen LogP contribution in [-0.4, -0.2) is 43.2 Å². The summed E-state index contributed by atoms with van der Waals surface area (Å²) < 4.78 is 10.6. The first-order chi connectivity index (χ1) is 9.93. The maximum Gasteiger partial charge on any atom is 0.244 e. The van der Waals surface area contributed by atoms with Crippen molar-refractivity contribution in [2.45, 2.75) is 38.8 Å². The van der Waals surface area contributed by atoms with Crippen molar-refractivity contribution >= 4 is 11.6 Å². The molecule has 1 amide bonds.